The Morgan fingerprint density at radius 3 is 1.44 bits per heavy atom. The molecule has 2 aliphatic carbocycles. The Morgan fingerprint density at radius 1 is 0.630 bits per heavy atom. The predicted octanol–water partition coefficient (Wildman–Crippen LogP) is 7.27. The van der Waals surface area contributed by atoms with Crippen molar-refractivity contribution < 1.29 is 14.2 Å². The Kier molecular flexibility index (Phi) is 4.83. The van der Waals surface area contributed by atoms with Crippen LogP contribution in [-0.4, -0.2) is 33.6 Å². The number of ether oxygens (including phenoxy) is 3. The van der Waals surface area contributed by atoms with Crippen LogP contribution in [0.25, 0.3) is 0 Å². The molecule has 4 heterocycles. The SMILES string of the molecule is C[C@@]12C[C@]3(C)O[C@@](C)(C[C@](C)(O1)P3P(C1CCCCC1)C1CCCCC1)O2. The van der Waals surface area contributed by atoms with Gasteiger partial charge in [-0.15, -0.1) is 0 Å². The second kappa shape index (κ2) is 6.62. The lowest BCUT2D eigenvalue weighted by molar-refractivity contribution is -0.467. The van der Waals surface area contributed by atoms with Crippen LogP contribution >= 0.6 is 15.2 Å². The highest BCUT2D eigenvalue weighted by molar-refractivity contribution is 8.31. The zero-order chi connectivity index (χ0) is 18.9. The van der Waals surface area contributed by atoms with Gasteiger partial charge in [0.2, 0.25) is 0 Å². The summed E-state index contributed by atoms with van der Waals surface area (Å²) in [6.45, 7) is 9.22. The van der Waals surface area contributed by atoms with Crippen LogP contribution in [0.3, 0.4) is 0 Å². The summed E-state index contributed by atoms with van der Waals surface area (Å²) < 4.78 is 20.0. The molecule has 5 heteroatoms. The molecular weight excluding hydrogens is 374 g/mol. The number of hydrogen-bond donors (Lipinski definition) is 0. The summed E-state index contributed by atoms with van der Waals surface area (Å²) >= 11 is 0. The summed E-state index contributed by atoms with van der Waals surface area (Å²) in [5.41, 5.74) is 1.92. The first kappa shape index (κ1) is 19.7. The van der Waals surface area contributed by atoms with E-state index >= 15 is 0 Å². The Labute approximate surface area is 168 Å². The van der Waals surface area contributed by atoms with Crippen molar-refractivity contribution in [2.24, 2.45) is 0 Å². The molecule has 0 amide bonds. The highest BCUT2D eigenvalue weighted by atomic mass is 32.1. The van der Waals surface area contributed by atoms with Gasteiger partial charge in [-0.1, -0.05) is 46.1 Å². The monoisotopic (exact) mass is 412 g/mol. The van der Waals surface area contributed by atoms with Crippen LogP contribution < -0.4 is 0 Å². The number of rotatable bonds is 3. The van der Waals surface area contributed by atoms with Gasteiger partial charge in [0.15, 0.2) is 11.6 Å². The van der Waals surface area contributed by atoms with Crippen LogP contribution in [0.1, 0.15) is 105 Å². The lowest BCUT2D eigenvalue weighted by Gasteiger charge is -2.71. The Balaban J connectivity index is 1.54. The fraction of sp³-hybridized carbons (Fsp3) is 1.00. The lowest BCUT2D eigenvalue weighted by atomic mass is 9.98. The van der Waals surface area contributed by atoms with Gasteiger partial charge in [-0.05, 0) is 72.3 Å². The minimum absolute atomic E-state index is 0.0249. The first-order valence-corrected chi connectivity index (χ1v) is 15.0. The van der Waals surface area contributed by atoms with Crippen LogP contribution in [0, 0.1) is 0 Å². The Bertz CT molecular complexity index is 522. The molecule has 6 aliphatic rings. The second-order valence-corrected chi connectivity index (χ2v) is 17.9. The molecule has 0 aromatic rings. The number of hydrogen-bond acceptors (Lipinski definition) is 3. The minimum atomic E-state index is -0.451. The van der Waals surface area contributed by atoms with Crippen LogP contribution in [0.4, 0.5) is 0 Å². The fourth-order valence-corrected chi connectivity index (χ4v) is 20.8. The molecule has 3 nitrogen and oxygen atoms in total. The van der Waals surface area contributed by atoms with Crippen molar-refractivity contribution in [3.05, 3.63) is 0 Å². The van der Waals surface area contributed by atoms with Crippen molar-refractivity contribution in [1.29, 1.82) is 0 Å². The summed E-state index contributed by atoms with van der Waals surface area (Å²) in [6, 6.07) is 0. The summed E-state index contributed by atoms with van der Waals surface area (Å²) in [4.78, 5) is 0. The van der Waals surface area contributed by atoms with Crippen molar-refractivity contribution in [2.45, 2.75) is 138 Å². The van der Waals surface area contributed by atoms with Gasteiger partial charge in [0, 0.05) is 12.8 Å². The third kappa shape index (κ3) is 3.27. The molecule has 4 aliphatic heterocycles. The van der Waals surface area contributed by atoms with Gasteiger partial charge in [0.1, 0.15) is 0 Å². The van der Waals surface area contributed by atoms with E-state index in [9.17, 15) is 0 Å². The normalized spacial score (nSPS) is 51.2. The smallest absolute Gasteiger partial charge is 0.173 e. The van der Waals surface area contributed by atoms with Crippen molar-refractivity contribution in [3.63, 3.8) is 0 Å². The zero-order valence-corrected chi connectivity index (χ0v) is 19.5. The van der Waals surface area contributed by atoms with Crippen LogP contribution in [-0.2, 0) is 14.2 Å². The van der Waals surface area contributed by atoms with E-state index in [0.29, 0.717) is 0 Å². The quantitative estimate of drug-likeness (QED) is 0.456. The zero-order valence-electron chi connectivity index (χ0n) is 17.8. The summed E-state index contributed by atoms with van der Waals surface area (Å²) in [6.07, 6.45) is 16.4. The van der Waals surface area contributed by atoms with Gasteiger partial charge in [0.25, 0.3) is 0 Å². The molecular formula is C22H38O3P2. The molecule has 4 atom stereocenters. The summed E-state index contributed by atoms with van der Waals surface area (Å²) in [5.74, 6) is -0.901. The first-order chi connectivity index (χ1) is 12.7. The van der Waals surface area contributed by atoms with E-state index in [1.54, 1.807) is 0 Å². The molecule has 4 bridgehead atoms. The van der Waals surface area contributed by atoms with E-state index < -0.39 is 11.6 Å². The largest absolute Gasteiger partial charge is 0.339 e. The van der Waals surface area contributed by atoms with Gasteiger partial charge < -0.3 is 14.2 Å². The molecule has 0 unspecified atom stereocenters. The third-order valence-corrected chi connectivity index (χ3v) is 18.8. The van der Waals surface area contributed by atoms with Gasteiger partial charge in [0.05, 0.1) is 10.7 Å². The highest BCUT2D eigenvalue weighted by Crippen LogP contribution is 2.92. The van der Waals surface area contributed by atoms with E-state index in [1.165, 1.54) is 64.2 Å². The second-order valence-electron chi connectivity index (χ2n) is 10.6. The van der Waals surface area contributed by atoms with Crippen LogP contribution in [0.15, 0.2) is 0 Å². The molecule has 154 valence electrons. The lowest BCUT2D eigenvalue weighted by Crippen LogP contribution is -2.71. The molecule has 6 rings (SSSR count). The van der Waals surface area contributed by atoms with Gasteiger partial charge in [-0.25, -0.2) is 0 Å². The first-order valence-electron chi connectivity index (χ1n) is 11.4. The van der Waals surface area contributed by atoms with E-state index in [4.69, 9.17) is 14.2 Å². The predicted molar refractivity (Wildman–Crippen MR) is 114 cm³/mol. The maximum atomic E-state index is 6.85. The topological polar surface area (TPSA) is 27.7 Å². The molecule has 0 aromatic carbocycles. The van der Waals surface area contributed by atoms with Crippen molar-refractivity contribution in [2.75, 3.05) is 0 Å². The third-order valence-electron chi connectivity index (χ3n) is 7.63. The molecule has 2 saturated carbocycles. The molecule has 6 fully saturated rings. The van der Waals surface area contributed by atoms with Crippen molar-refractivity contribution in [1.82, 2.24) is 0 Å². The van der Waals surface area contributed by atoms with E-state index in [2.05, 4.69) is 27.7 Å². The van der Waals surface area contributed by atoms with E-state index in [1.807, 2.05) is 0 Å². The molecule has 4 saturated heterocycles. The summed E-state index contributed by atoms with van der Waals surface area (Å²) in [5, 5.41) is -0.0497. The average Bonchev–Trinajstić information content (AvgIpc) is 2.56. The van der Waals surface area contributed by atoms with Gasteiger partial charge in [-0.3, -0.25) is 0 Å². The minimum Gasteiger partial charge on any atom is -0.339 e. The van der Waals surface area contributed by atoms with E-state index in [0.717, 1.165) is 24.2 Å². The average molecular weight is 412 g/mol. The summed E-state index contributed by atoms with van der Waals surface area (Å²) in [7, 11) is -0.332. The van der Waals surface area contributed by atoms with Crippen molar-refractivity contribution >= 4 is 15.2 Å². The van der Waals surface area contributed by atoms with Crippen LogP contribution in [0.2, 0.25) is 0 Å². The highest BCUT2D eigenvalue weighted by Gasteiger charge is 2.72. The van der Waals surface area contributed by atoms with E-state index in [-0.39, 0.29) is 25.9 Å². The van der Waals surface area contributed by atoms with Gasteiger partial charge >= 0.3 is 0 Å². The van der Waals surface area contributed by atoms with Crippen LogP contribution in [0.5, 0.6) is 0 Å². The Morgan fingerprint density at radius 2 is 1.04 bits per heavy atom. The van der Waals surface area contributed by atoms with Gasteiger partial charge in [-0.2, -0.15) is 0 Å². The standard InChI is InChI=1S/C22H38O3P2/c1-19-15-21(3)25-20(2,23-19)16-22(4,24-19)27(21)26(17-11-7-5-8-12-17)18-13-9-6-10-14-18/h17-18H,5-16H2,1-4H3/t19-,20-,21+,22+/m0/s1. The van der Waals surface area contributed by atoms with Crippen molar-refractivity contribution in [3.8, 4) is 0 Å². The molecule has 27 heavy (non-hydrogen) atoms. The Hall–Kier alpha value is 0.740. The fourth-order valence-electron chi connectivity index (χ4n) is 7.38. The molecule has 0 N–H and O–H groups in total. The molecule has 0 spiro atoms. The maximum Gasteiger partial charge on any atom is 0.173 e. The molecule has 0 aromatic heterocycles. The maximum absolute atomic E-state index is 6.85. The molecule has 0 radical (unpaired) electrons.